The molecule has 0 bridgehead atoms. The van der Waals surface area contributed by atoms with Gasteiger partial charge >= 0.3 is 0 Å². The van der Waals surface area contributed by atoms with Gasteiger partial charge in [0.2, 0.25) is 0 Å². The van der Waals surface area contributed by atoms with Crippen molar-refractivity contribution in [1.82, 2.24) is 5.32 Å². The number of carbonyl (C=O) groups excluding carboxylic acids is 1. The fourth-order valence-corrected chi connectivity index (χ4v) is 2.04. The van der Waals surface area contributed by atoms with E-state index < -0.39 is 10.8 Å². The Labute approximate surface area is 148 Å². The molecule has 2 aromatic rings. The lowest BCUT2D eigenvalue weighted by atomic mass is 10.3. The van der Waals surface area contributed by atoms with Crippen LogP contribution in [0.15, 0.2) is 48.5 Å². The van der Waals surface area contributed by atoms with Gasteiger partial charge in [-0.3, -0.25) is 20.2 Å². The number of anilines is 1. The summed E-state index contributed by atoms with van der Waals surface area (Å²) in [5.41, 5.74) is 0.486. The molecule has 25 heavy (non-hydrogen) atoms. The second kappa shape index (κ2) is 8.60. The third-order valence-electron chi connectivity index (χ3n) is 3.02. The minimum absolute atomic E-state index is 0.0339. The van der Waals surface area contributed by atoms with Gasteiger partial charge < -0.3 is 14.8 Å². The number of benzene rings is 2. The Morgan fingerprint density at radius 3 is 2.28 bits per heavy atom. The maximum Gasteiger partial charge on any atom is 0.269 e. The van der Waals surface area contributed by atoms with E-state index in [0.29, 0.717) is 17.2 Å². The lowest BCUT2D eigenvalue weighted by molar-refractivity contribution is -0.384. The van der Waals surface area contributed by atoms with Crippen molar-refractivity contribution < 1.29 is 19.2 Å². The Balaban J connectivity index is 1.79. The van der Waals surface area contributed by atoms with Crippen molar-refractivity contribution in [3.63, 3.8) is 0 Å². The van der Waals surface area contributed by atoms with E-state index in [4.69, 9.17) is 21.7 Å². The highest BCUT2D eigenvalue weighted by Crippen LogP contribution is 2.17. The van der Waals surface area contributed by atoms with Gasteiger partial charge in [0.15, 0.2) is 11.7 Å². The summed E-state index contributed by atoms with van der Waals surface area (Å²) in [6.45, 7) is -0.214. The zero-order valence-corrected chi connectivity index (χ0v) is 14.0. The molecule has 0 atom stereocenters. The highest BCUT2D eigenvalue weighted by Gasteiger charge is 2.08. The average molecular weight is 361 g/mol. The predicted molar refractivity (Wildman–Crippen MR) is 95.9 cm³/mol. The Kier molecular flexibility index (Phi) is 6.24. The minimum Gasteiger partial charge on any atom is -0.497 e. The van der Waals surface area contributed by atoms with Gasteiger partial charge in [-0.05, 0) is 48.6 Å². The lowest BCUT2D eigenvalue weighted by Crippen LogP contribution is -2.37. The first-order chi connectivity index (χ1) is 12.0. The van der Waals surface area contributed by atoms with Gasteiger partial charge in [0, 0.05) is 17.8 Å². The number of non-ortho nitro benzene ring substituents is 1. The number of nitrogens with zero attached hydrogens (tertiary/aromatic N) is 1. The first-order valence-electron chi connectivity index (χ1n) is 7.10. The fourth-order valence-electron chi connectivity index (χ4n) is 1.81. The van der Waals surface area contributed by atoms with Crippen LogP contribution in [0.25, 0.3) is 0 Å². The molecule has 0 aromatic heterocycles. The number of hydrogen-bond donors (Lipinski definition) is 2. The van der Waals surface area contributed by atoms with Gasteiger partial charge in [-0.2, -0.15) is 0 Å². The molecule has 2 N–H and O–H groups in total. The molecule has 1 amide bonds. The second-order valence-corrected chi connectivity index (χ2v) is 5.18. The molecule has 8 nitrogen and oxygen atoms in total. The van der Waals surface area contributed by atoms with Crippen LogP contribution >= 0.6 is 12.2 Å². The summed E-state index contributed by atoms with van der Waals surface area (Å²) >= 11 is 5.01. The zero-order valence-electron chi connectivity index (χ0n) is 13.2. The van der Waals surface area contributed by atoms with Crippen LogP contribution in [0.3, 0.4) is 0 Å². The van der Waals surface area contributed by atoms with Crippen LogP contribution in [0.4, 0.5) is 11.4 Å². The predicted octanol–water partition coefficient (Wildman–Crippen LogP) is 2.50. The van der Waals surface area contributed by atoms with Crippen molar-refractivity contribution in [2.24, 2.45) is 0 Å². The maximum absolute atomic E-state index is 11.8. The van der Waals surface area contributed by atoms with Crippen LogP contribution in [-0.4, -0.2) is 29.7 Å². The van der Waals surface area contributed by atoms with Gasteiger partial charge in [-0.15, -0.1) is 0 Å². The smallest absolute Gasteiger partial charge is 0.269 e. The summed E-state index contributed by atoms with van der Waals surface area (Å²) in [5.74, 6) is 0.769. The topological polar surface area (TPSA) is 103 Å². The summed E-state index contributed by atoms with van der Waals surface area (Å²) < 4.78 is 10.4. The number of nitrogens with one attached hydrogen (secondary N) is 2. The highest BCUT2D eigenvalue weighted by molar-refractivity contribution is 7.80. The molecule has 0 saturated carbocycles. The molecule has 2 rings (SSSR count). The van der Waals surface area contributed by atoms with Crippen LogP contribution < -0.4 is 20.1 Å². The molecule has 0 saturated heterocycles. The van der Waals surface area contributed by atoms with E-state index in [0.717, 1.165) is 0 Å². The number of hydrogen-bond acceptors (Lipinski definition) is 6. The Morgan fingerprint density at radius 1 is 1.12 bits per heavy atom. The zero-order chi connectivity index (χ0) is 18.2. The standard InChI is InChI=1S/C16H15N3O5S/c1-23-13-6-8-14(9-7-13)24-10-15(20)18-16(25)17-11-2-4-12(5-3-11)19(21)22/h2-9H,10H2,1H3,(H2,17,18,20,25). The number of amides is 1. The first kappa shape index (κ1) is 18.1. The van der Waals surface area contributed by atoms with Crippen molar-refractivity contribution >= 4 is 34.6 Å². The van der Waals surface area contributed by atoms with E-state index in [2.05, 4.69) is 10.6 Å². The molecule has 2 aromatic carbocycles. The largest absolute Gasteiger partial charge is 0.497 e. The maximum atomic E-state index is 11.8. The molecule has 0 fully saturated rings. The summed E-state index contributed by atoms with van der Waals surface area (Å²) in [5, 5.41) is 15.9. The quantitative estimate of drug-likeness (QED) is 0.463. The second-order valence-electron chi connectivity index (χ2n) is 4.77. The molecule has 0 radical (unpaired) electrons. The molecule has 130 valence electrons. The molecule has 0 heterocycles. The lowest BCUT2D eigenvalue weighted by Gasteiger charge is -2.10. The van der Waals surface area contributed by atoms with Gasteiger partial charge in [0.25, 0.3) is 11.6 Å². The van der Waals surface area contributed by atoms with Gasteiger partial charge in [-0.1, -0.05) is 0 Å². The van der Waals surface area contributed by atoms with Crippen molar-refractivity contribution in [3.8, 4) is 11.5 Å². The van der Waals surface area contributed by atoms with Crippen molar-refractivity contribution in [3.05, 3.63) is 58.6 Å². The van der Waals surface area contributed by atoms with Crippen molar-refractivity contribution in [2.45, 2.75) is 0 Å². The van der Waals surface area contributed by atoms with Gasteiger partial charge in [0.1, 0.15) is 11.5 Å². The molecular formula is C16H15N3O5S. The van der Waals surface area contributed by atoms with Crippen molar-refractivity contribution in [2.75, 3.05) is 19.0 Å². The van der Waals surface area contributed by atoms with Crippen molar-refractivity contribution in [1.29, 1.82) is 0 Å². The van der Waals surface area contributed by atoms with E-state index in [-0.39, 0.29) is 17.4 Å². The minimum atomic E-state index is -0.500. The van der Waals surface area contributed by atoms with E-state index in [1.807, 2.05) is 0 Å². The molecule has 9 heteroatoms. The summed E-state index contributed by atoms with van der Waals surface area (Å²) in [6, 6.07) is 12.4. The summed E-state index contributed by atoms with van der Waals surface area (Å²) in [7, 11) is 1.56. The van der Waals surface area contributed by atoms with Crippen LogP contribution in [-0.2, 0) is 4.79 Å². The van der Waals surface area contributed by atoms with E-state index in [9.17, 15) is 14.9 Å². The Morgan fingerprint density at radius 2 is 1.72 bits per heavy atom. The SMILES string of the molecule is COc1ccc(OCC(=O)NC(=S)Nc2ccc([N+](=O)[O-])cc2)cc1. The van der Waals surface area contributed by atoms with E-state index >= 15 is 0 Å². The molecule has 0 aliphatic carbocycles. The number of nitro groups is 1. The fraction of sp³-hybridized carbons (Fsp3) is 0.125. The van der Waals surface area contributed by atoms with Gasteiger partial charge in [0.05, 0.1) is 12.0 Å². The molecule has 0 aliphatic heterocycles. The van der Waals surface area contributed by atoms with E-state index in [1.54, 1.807) is 31.4 Å². The molecule has 0 unspecified atom stereocenters. The van der Waals surface area contributed by atoms with Crippen LogP contribution in [0.1, 0.15) is 0 Å². The number of thiocarbonyl (C=S) groups is 1. The third-order valence-corrected chi connectivity index (χ3v) is 3.22. The number of ether oxygens (including phenoxy) is 2. The third kappa shape index (κ3) is 5.74. The number of methoxy groups -OCH3 is 1. The molecule has 0 aliphatic rings. The number of carbonyl (C=O) groups is 1. The van der Waals surface area contributed by atoms with Crippen LogP contribution in [0.2, 0.25) is 0 Å². The average Bonchev–Trinajstić information content (AvgIpc) is 2.60. The number of nitro benzene ring substituents is 1. The molecular weight excluding hydrogens is 346 g/mol. The van der Waals surface area contributed by atoms with E-state index in [1.165, 1.54) is 24.3 Å². The monoisotopic (exact) mass is 361 g/mol. The Hall–Kier alpha value is -3.20. The molecule has 0 spiro atoms. The number of rotatable bonds is 6. The Bertz CT molecular complexity index is 762. The normalized spacial score (nSPS) is 9.80. The highest BCUT2D eigenvalue weighted by atomic mass is 32.1. The van der Waals surface area contributed by atoms with Crippen LogP contribution in [0.5, 0.6) is 11.5 Å². The first-order valence-corrected chi connectivity index (χ1v) is 7.51. The summed E-state index contributed by atoms with van der Waals surface area (Å²) in [4.78, 5) is 21.9. The van der Waals surface area contributed by atoms with Gasteiger partial charge in [-0.25, -0.2) is 0 Å². The summed E-state index contributed by atoms with van der Waals surface area (Å²) in [6.07, 6.45) is 0. The van der Waals surface area contributed by atoms with Crippen LogP contribution in [0, 0.1) is 10.1 Å².